The van der Waals surface area contributed by atoms with Gasteiger partial charge in [-0.3, -0.25) is 0 Å². The fourth-order valence-electron chi connectivity index (χ4n) is 1.68. The predicted octanol–water partition coefficient (Wildman–Crippen LogP) is 3.46. The molecule has 1 aromatic carbocycles. The van der Waals surface area contributed by atoms with Crippen molar-refractivity contribution in [3.05, 3.63) is 41.2 Å². The van der Waals surface area contributed by atoms with Crippen LogP contribution in [0.25, 0.3) is 10.6 Å². The van der Waals surface area contributed by atoms with Gasteiger partial charge in [0.2, 0.25) is 0 Å². The van der Waals surface area contributed by atoms with Gasteiger partial charge in [-0.2, -0.15) is 0 Å². The first-order valence-electron chi connectivity index (χ1n) is 6.46. The second kappa shape index (κ2) is 6.43. The molecule has 0 aliphatic rings. The van der Waals surface area contributed by atoms with Gasteiger partial charge in [0, 0.05) is 31.1 Å². The van der Waals surface area contributed by atoms with E-state index in [4.69, 9.17) is 4.74 Å². The minimum absolute atomic E-state index is 0.185. The number of aromatic nitrogens is 1. The van der Waals surface area contributed by atoms with E-state index in [9.17, 15) is 4.39 Å². The third kappa shape index (κ3) is 4.10. The van der Waals surface area contributed by atoms with E-state index in [0.29, 0.717) is 6.54 Å². The molecule has 0 atom stereocenters. The molecule has 5 heteroatoms. The molecular weight excluding hydrogens is 275 g/mol. The van der Waals surface area contributed by atoms with Crippen LogP contribution >= 0.6 is 11.3 Å². The van der Waals surface area contributed by atoms with Crippen molar-refractivity contribution >= 4 is 11.3 Å². The number of hydrogen-bond acceptors (Lipinski definition) is 4. The summed E-state index contributed by atoms with van der Waals surface area (Å²) >= 11 is 1.57. The van der Waals surface area contributed by atoms with Crippen molar-refractivity contribution in [2.75, 3.05) is 13.7 Å². The van der Waals surface area contributed by atoms with E-state index in [1.165, 1.54) is 12.1 Å². The molecule has 1 aromatic heterocycles. The van der Waals surface area contributed by atoms with Gasteiger partial charge in [-0.25, -0.2) is 9.37 Å². The fourth-order valence-corrected chi connectivity index (χ4v) is 2.50. The second-order valence-corrected chi connectivity index (χ2v) is 6.08. The highest BCUT2D eigenvalue weighted by molar-refractivity contribution is 7.13. The molecule has 0 saturated heterocycles. The molecule has 0 bridgehead atoms. The zero-order chi connectivity index (χ0) is 14.6. The summed E-state index contributed by atoms with van der Waals surface area (Å²) in [6.07, 6.45) is 0. The predicted molar refractivity (Wildman–Crippen MR) is 80.3 cm³/mol. The summed E-state index contributed by atoms with van der Waals surface area (Å²) in [6.45, 7) is 5.52. The second-order valence-electron chi connectivity index (χ2n) is 5.22. The van der Waals surface area contributed by atoms with Gasteiger partial charge in [0.05, 0.1) is 11.3 Å². The summed E-state index contributed by atoms with van der Waals surface area (Å²) in [7, 11) is 1.71. The monoisotopic (exact) mass is 294 g/mol. The Balaban J connectivity index is 1.94. The Kier molecular flexibility index (Phi) is 4.86. The lowest BCUT2D eigenvalue weighted by atomic mass is 10.1. The van der Waals surface area contributed by atoms with Crippen LogP contribution in [0.2, 0.25) is 0 Å². The minimum Gasteiger partial charge on any atom is -0.377 e. The summed E-state index contributed by atoms with van der Waals surface area (Å²) in [6, 6.07) is 6.41. The maximum atomic E-state index is 12.9. The molecule has 0 spiro atoms. The van der Waals surface area contributed by atoms with Crippen molar-refractivity contribution in [3.63, 3.8) is 0 Å². The average molecular weight is 294 g/mol. The van der Waals surface area contributed by atoms with Crippen LogP contribution in [0.3, 0.4) is 0 Å². The number of halogens is 1. The van der Waals surface area contributed by atoms with Crippen LogP contribution in [0.5, 0.6) is 0 Å². The number of ether oxygens (including phenoxy) is 1. The Bertz CT molecular complexity index is 551. The van der Waals surface area contributed by atoms with Crippen molar-refractivity contribution in [3.8, 4) is 10.6 Å². The van der Waals surface area contributed by atoms with E-state index >= 15 is 0 Å². The van der Waals surface area contributed by atoms with Crippen molar-refractivity contribution in [1.82, 2.24) is 10.3 Å². The zero-order valence-corrected chi connectivity index (χ0v) is 12.8. The quantitative estimate of drug-likeness (QED) is 0.886. The molecule has 0 aliphatic heterocycles. The highest BCUT2D eigenvalue weighted by Crippen LogP contribution is 2.23. The number of rotatable bonds is 6. The van der Waals surface area contributed by atoms with Crippen LogP contribution in [-0.4, -0.2) is 24.2 Å². The smallest absolute Gasteiger partial charge is 0.123 e. The maximum absolute atomic E-state index is 12.9. The van der Waals surface area contributed by atoms with Crippen LogP contribution in [0.1, 0.15) is 19.5 Å². The largest absolute Gasteiger partial charge is 0.377 e. The molecule has 2 rings (SSSR count). The molecule has 2 aromatic rings. The van der Waals surface area contributed by atoms with Crippen LogP contribution in [0.15, 0.2) is 29.6 Å². The summed E-state index contributed by atoms with van der Waals surface area (Å²) in [5.74, 6) is -0.228. The van der Waals surface area contributed by atoms with E-state index < -0.39 is 0 Å². The molecule has 108 valence electrons. The standard InChI is InChI=1S/C15H19FN2OS/c1-15(2,19-3)10-17-8-13-9-20-14(18-13)11-4-6-12(16)7-5-11/h4-7,9,17H,8,10H2,1-3H3. The van der Waals surface area contributed by atoms with Crippen molar-refractivity contribution in [1.29, 1.82) is 0 Å². The molecular formula is C15H19FN2OS. The molecule has 0 amide bonds. The van der Waals surface area contributed by atoms with Gasteiger partial charge in [0.25, 0.3) is 0 Å². The van der Waals surface area contributed by atoms with Crippen LogP contribution < -0.4 is 5.32 Å². The molecule has 0 aliphatic carbocycles. The number of benzene rings is 1. The summed E-state index contributed by atoms with van der Waals surface area (Å²) in [5.41, 5.74) is 1.75. The van der Waals surface area contributed by atoms with Crippen LogP contribution in [-0.2, 0) is 11.3 Å². The molecule has 0 unspecified atom stereocenters. The van der Waals surface area contributed by atoms with Gasteiger partial charge in [-0.1, -0.05) is 0 Å². The van der Waals surface area contributed by atoms with E-state index in [2.05, 4.69) is 10.3 Å². The number of hydrogen-bond donors (Lipinski definition) is 1. The van der Waals surface area contributed by atoms with E-state index in [1.54, 1.807) is 30.6 Å². The number of nitrogens with one attached hydrogen (secondary N) is 1. The Morgan fingerprint density at radius 3 is 2.65 bits per heavy atom. The Hall–Kier alpha value is -1.30. The first kappa shape index (κ1) is 15.1. The zero-order valence-electron chi connectivity index (χ0n) is 11.9. The molecule has 0 fully saturated rings. The highest BCUT2D eigenvalue weighted by atomic mass is 32.1. The highest BCUT2D eigenvalue weighted by Gasteiger charge is 2.15. The number of methoxy groups -OCH3 is 1. The first-order chi connectivity index (χ1) is 9.50. The van der Waals surface area contributed by atoms with Crippen molar-refractivity contribution in [2.45, 2.75) is 26.0 Å². The normalized spacial score (nSPS) is 11.8. The third-order valence-electron chi connectivity index (χ3n) is 3.05. The van der Waals surface area contributed by atoms with Crippen molar-refractivity contribution < 1.29 is 9.13 Å². The van der Waals surface area contributed by atoms with Gasteiger partial charge in [-0.05, 0) is 38.1 Å². The first-order valence-corrected chi connectivity index (χ1v) is 7.34. The van der Waals surface area contributed by atoms with Gasteiger partial charge in [-0.15, -0.1) is 11.3 Å². The minimum atomic E-state index is -0.228. The number of nitrogens with zero attached hydrogens (tertiary/aromatic N) is 1. The maximum Gasteiger partial charge on any atom is 0.123 e. The van der Waals surface area contributed by atoms with Gasteiger partial charge < -0.3 is 10.1 Å². The molecule has 0 saturated carbocycles. The Morgan fingerprint density at radius 2 is 2.00 bits per heavy atom. The van der Waals surface area contributed by atoms with Gasteiger partial charge >= 0.3 is 0 Å². The third-order valence-corrected chi connectivity index (χ3v) is 3.99. The van der Waals surface area contributed by atoms with E-state index in [-0.39, 0.29) is 11.4 Å². The lowest BCUT2D eigenvalue weighted by Gasteiger charge is -2.22. The van der Waals surface area contributed by atoms with Gasteiger partial charge in [0.1, 0.15) is 10.8 Å². The van der Waals surface area contributed by atoms with Gasteiger partial charge in [0.15, 0.2) is 0 Å². The summed E-state index contributed by atoms with van der Waals surface area (Å²) < 4.78 is 18.2. The van der Waals surface area contributed by atoms with Crippen molar-refractivity contribution in [2.24, 2.45) is 0 Å². The van der Waals surface area contributed by atoms with E-state index in [1.807, 2.05) is 19.2 Å². The Labute approximate surface area is 122 Å². The lowest BCUT2D eigenvalue weighted by Crippen LogP contribution is -2.36. The Morgan fingerprint density at radius 1 is 1.30 bits per heavy atom. The SMILES string of the molecule is COC(C)(C)CNCc1csc(-c2ccc(F)cc2)n1. The van der Waals surface area contributed by atoms with Crippen LogP contribution in [0.4, 0.5) is 4.39 Å². The molecule has 0 radical (unpaired) electrons. The lowest BCUT2D eigenvalue weighted by molar-refractivity contribution is 0.0230. The average Bonchev–Trinajstić information content (AvgIpc) is 2.88. The summed E-state index contributed by atoms with van der Waals surface area (Å²) in [5, 5.41) is 6.26. The summed E-state index contributed by atoms with van der Waals surface area (Å²) in [4.78, 5) is 4.55. The van der Waals surface area contributed by atoms with E-state index in [0.717, 1.165) is 22.8 Å². The molecule has 3 nitrogen and oxygen atoms in total. The molecule has 20 heavy (non-hydrogen) atoms. The molecule has 1 N–H and O–H groups in total. The topological polar surface area (TPSA) is 34.1 Å². The fraction of sp³-hybridized carbons (Fsp3) is 0.400. The van der Waals surface area contributed by atoms with Crippen LogP contribution in [0, 0.1) is 5.82 Å². The molecule has 1 heterocycles. The number of thiazole rings is 1.